The van der Waals surface area contributed by atoms with Gasteiger partial charge in [0, 0.05) is 6.07 Å². The first-order valence-electron chi connectivity index (χ1n) is 8.55. The number of amides is 1. The van der Waals surface area contributed by atoms with E-state index in [1.807, 2.05) is 42.5 Å². The van der Waals surface area contributed by atoms with Crippen molar-refractivity contribution in [2.24, 2.45) is 0 Å². The Morgan fingerprint density at radius 2 is 1.83 bits per heavy atom. The molecule has 0 aliphatic rings. The number of nitrogens with one attached hydrogen (secondary N) is 1. The number of rotatable bonds is 6. The Morgan fingerprint density at radius 3 is 2.66 bits per heavy atom. The molecule has 9 nitrogen and oxygen atoms in total. The van der Waals surface area contributed by atoms with Crippen LogP contribution in [0.15, 0.2) is 71.9 Å². The lowest BCUT2D eigenvalue weighted by molar-refractivity contribution is -0.383. The molecule has 0 unspecified atom stereocenters. The molecular formula is C19H14N6O3S. The van der Waals surface area contributed by atoms with Gasteiger partial charge in [-0.2, -0.15) is 4.68 Å². The average molecular weight is 406 g/mol. The minimum absolute atomic E-state index is 0.00000315. The summed E-state index contributed by atoms with van der Waals surface area (Å²) in [6, 6.07) is 19.8. The molecule has 29 heavy (non-hydrogen) atoms. The van der Waals surface area contributed by atoms with E-state index in [0.29, 0.717) is 5.16 Å². The van der Waals surface area contributed by atoms with Gasteiger partial charge in [0.05, 0.1) is 16.4 Å². The minimum Gasteiger partial charge on any atom is -0.320 e. The monoisotopic (exact) mass is 406 g/mol. The van der Waals surface area contributed by atoms with Crippen LogP contribution < -0.4 is 5.32 Å². The lowest BCUT2D eigenvalue weighted by Crippen LogP contribution is -2.15. The van der Waals surface area contributed by atoms with Gasteiger partial charge in [0.1, 0.15) is 5.69 Å². The predicted molar refractivity (Wildman–Crippen MR) is 109 cm³/mol. The maximum absolute atomic E-state index is 12.3. The molecule has 0 aliphatic carbocycles. The third-order valence-corrected chi connectivity index (χ3v) is 5.05. The second-order valence-electron chi connectivity index (χ2n) is 6.02. The molecule has 0 fully saturated rings. The van der Waals surface area contributed by atoms with E-state index < -0.39 is 10.8 Å². The molecule has 1 aromatic heterocycles. The van der Waals surface area contributed by atoms with Gasteiger partial charge in [-0.15, -0.1) is 5.10 Å². The third kappa shape index (κ3) is 4.06. The van der Waals surface area contributed by atoms with Crippen molar-refractivity contribution in [3.8, 4) is 5.69 Å². The van der Waals surface area contributed by atoms with E-state index in [1.54, 1.807) is 16.8 Å². The van der Waals surface area contributed by atoms with Gasteiger partial charge in [-0.1, -0.05) is 54.2 Å². The van der Waals surface area contributed by atoms with E-state index in [-0.39, 0.29) is 17.1 Å². The Bertz CT molecular complexity index is 1210. The number of para-hydroxylation sites is 2. The Morgan fingerprint density at radius 1 is 1.07 bits per heavy atom. The molecule has 0 aliphatic heterocycles. The number of hydrogen-bond donors (Lipinski definition) is 1. The van der Waals surface area contributed by atoms with Crippen LogP contribution in [-0.2, 0) is 4.79 Å². The molecule has 1 amide bonds. The topological polar surface area (TPSA) is 116 Å². The van der Waals surface area contributed by atoms with Crippen LogP contribution in [0.5, 0.6) is 0 Å². The summed E-state index contributed by atoms with van der Waals surface area (Å²) in [5, 5.41) is 27.9. The van der Waals surface area contributed by atoms with Gasteiger partial charge in [0.2, 0.25) is 11.1 Å². The van der Waals surface area contributed by atoms with Crippen LogP contribution in [0.4, 0.5) is 11.4 Å². The molecule has 10 heteroatoms. The highest BCUT2D eigenvalue weighted by molar-refractivity contribution is 7.99. The van der Waals surface area contributed by atoms with Gasteiger partial charge in [0.15, 0.2) is 0 Å². The fourth-order valence-electron chi connectivity index (χ4n) is 2.79. The van der Waals surface area contributed by atoms with Crippen LogP contribution in [0, 0.1) is 10.1 Å². The molecule has 0 spiro atoms. The van der Waals surface area contributed by atoms with Crippen LogP contribution in [0.2, 0.25) is 0 Å². The standard InChI is InChI=1S/C19H14N6O3S/c26-18(20-16-7-3-4-8-17(16)25(27)28)12-29-19-21-22-23-24(19)15-10-9-13-5-1-2-6-14(13)11-15/h1-11H,12H2,(H,20,26). The molecule has 4 aromatic rings. The van der Waals surface area contributed by atoms with Gasteiger partial charge in [-0.05, 0) is 39.4 Å². The number of nitro benzene ring substituents is 1. The number of carbonyl (C=O) groups excluding carboxylic acids is 1. The lowest BCUT2D eigenvalue weighted by Gasteiger charge is -2.07. The molecule has 0 saturated carbocycles. The van der Waals surface area contributed by atoms with E-state index >= 15 is 0 Å². The third-order valence-electron chi connectivity index (χ3n) is 4.13. The van der Waals surface area contributed by atoms with E-state index in [9.17, 15) is 14.9 Å². The Hall–Kier alpha value is -3.79. The zero-order valence-electron chi connectivity index (χ0n) is 14.9. The van der Waals surface area contributed by atoms with Gasteiger partial charge >= 0.3 is 0 Å². The van der Waals surface area contributed by atoms with Crippen LogP contribution in [0.3, 0.4) is 0 Å². The maximum atomic E-state index is 12.3. The fraction of sp³-hybridized carbons (Fsp3) is 0.0526. The Labute approximate surface area is 168 Å². The highest BCUT2D eigenvalue weighted by atomic mass is 32.2. The minimum atomic E-state index is -0.539. The van der Waals surface area contributed by atoms with Crippen molar-refractivity contribution in [2.45, 2.75) is 5.16 Å². The number of hydrogen-bond acceptors (Lipinski definition) is 7. The van der Waals surface area contributed by atoms with Gasteiger partial charge in [-0.25, -0.2) is 0 Å². The first-order valence-corrected chi connectivity index (χ1v) is 9.54. The summed E-state index contributed by atoms with van der Waals surface area (Å²) in [7, 11) is 0. The number of benzene rings is 3. The number of anilines is 1. The Kier molecular flexibility index (Phi) is 5.16. The van der Waals surface area contributed by atoms with Crippen LogP contribution in [-0.4, -0.2) is 36.8 Å². The number of tetrazole rings is 1. The van der Waals surface area contributed by atoms with Crippen LogP contribution in [0.1, 0.15) is 0 Å². The van der Waals surface area contributed by atoms with Crippen LogP contribution in [0.25, 0.3) is 16.5 Å². The summed E-state index contributed by atoms with van der Waals surface area (Å²) in [6.07, 6.45) is 0. The predicted octanol–water partition coefficient (Wildman–Crippen LogP) is 3.45. The van der Waals surface area contributed by atoms with Crippen molar-refractivity contribution in [1.82, 2.24) is 20.2 Å². The Balaban J connectivity index is 1.48. The SMILES string of the molecule is O=C(CSc1nnnn1-c1ccc2ccccc2c1)Nc1ccccc1[N+](=O)[O-]. The van der Waals surface area contributed by atoms with Crippen molar-refractivity contribution >= 4 is 39.8 Å². The number of nitro groups is 1. The molecule has 3 aromatic carbocycles. The molecule has 0 atom stereocenters. The highest BCUT2D eigenvalue weighted by Crippen LogP contribution is 2.25. The molecule has 0 radical (unpaired) electrons. The van der Waals surface area contributed by atoms with Crippen molar-refractivity contribution in [1.29, 1.82) is 0 Å². The number of nitrogens with zero attached hydrogens (tertiary/aromatic N) is 5. The zero-order valence-corrected chi connectivity index (χ0v) is 15.7. The summed E-state index contributed by atoms with van der Waals surface area (Å²) in [6.45, 7) is 0. The van der Waals surface area contributed by atoms with E-state index in [4.69, 9.17) is 0 Å². The zero-order chi connectivity index (χ0) is 20.2. The van der Waals surface area contributed by atoms with Gasteiger partial charge in [-0.3, -0.25) is 14.9 Å². The summed E-state index contributed by atoms with van der Waals surface area (Å²) >= 11 is 1.14. The molecule has 0 saturated heterocycles. The number of aromatic nitrogens is 4. The smallest absolute Gasteiger partial charge is 0.292 e. The molecule has 4 rings (SSSR count). The first kappa shape index (κ1) is 18.6. The van der Waals surface area contributed by atoms with Gasteiger partial charge < -0.3 is 5.32 Å². The second kappa shape index (κ2) is 8.07. The summed E-state index contributed by atoms with van der Waals surface area (Å²) < 4.78 is 1.55. The van der Waals surface area contributed by atoms with Crippen molar-refractivity contribution in [3.63, 3.8) is 0 Å². The molecule has 1 heterocycles. The highest BCUT2D eigenvalue weighted by Gasteiger charge is 2.16. The van der Waals surface area contributed by atoms with E-state index in [1.165, 1.54) is 12.1 Å². The van der Waals surface area contributed by atoms with E-state index in [2.05, 4.69) is 20.8 Å². The van der Waals surface area contributed by atoms with Gasteiger partial charge in [0.25, 0.3) is 5.69 Å². The largest absolute Gasteiger partial charge is 0.320 e. The van der Waals surface area contributed by atoms with Crippen molar-refractivity contribution in [3.05, 3.63) is 76.8 Å². The molecular weight excluding hydrogens is 392 g/mol. The summed E-state index contributed by atoms with van der Waals surface area (Å²) in [4.78, 5) is 22.8. The molecule has 0 bridgehead atoms. The second-order valence-corrected chi connectivity index (χ2v) is 6.96. The van der Waals surface area contributed by atoms with E-state index in [0.717, 1.165) is 28.2 Å². The summed E-state index contributed by atoms with van der Waals surface area (Å²) in [5.41, 5.74) is 0.763. The lowest BCUT2D eigenvalue weighted by atomic mass is 10.1. The maximum Gasteiger partial charge on any atom is 0.292 e. The fourth-order valence-corrected chi connectivity index (χ4v) is 3.49. The number of fused-ring (bicyclic) bond motifs is 1. The van der Waals surface area contributed by atoms with Crippen molar-refractivity contribution < 1.29 is 9.72 Å². The number of carbonyl (C=O) groups is 1. The average Bonchev–Trinajstić information content (AvgIpc) is 3.21. The number of thioether (sulfide) groups is 1. The van der Waals surface area contributed by atoms with Crippen molar-refractivity contribution in [2.75, 3.05) is 11.1 Å². The van der Waals surface area contributed by atoms with Crippen LogP contribution >= 0.6 is 11.8 Å². The normalized spacial score (nSPS) is 10.8. The first-order chi connectivity index (χ1) is 14.1. The molecule has 144 valence electrons. The summed E-state index contributed by atoms with van der Waals surface area (Å²) in [5.74, 6) is -0.391. The quantitative estimate of drug-likeness (QED) is 0.296. The molecule has 1 N–H and O–H groups in total.